The number of nitrogens with one attached hydrogen (secondary N) is 2. The molecule has 0 atom stereocenters. The number of benzene rings is 3. The monoisotopic (exact) mass is 388 g/mol. The van der Waals surface area contributed by atoms with E-state index < -0.39 is 0 Å². The number of hydrogen-bond acceptors (Lipinski definition) is 4. The summed E-state index contributed by atoms with van der Waals surface area (Å²) < 4.78 is 5.10. The highest BCUT2D eigenvalue weighted by molar-refractivity contribution is 5.96. The third kappa shape index (κ3) is 5.69. The molecule has 148 valence electrons. The number of carbonyl (C=O) groups is 2. The number of hydrogen-bond donors (Lipinski definition) is 2. The molecule has 0 aromatic heterocycles. The van der Waals surface area contributed by atoms with Gasteiger partial charge in [0.2, 0.25) is 5.91 Å². The second kappa shape index (κ2) is 9.55. The molecule has 3 aromatic rings. The Hall–Kier alpha value is -3.60. The molecule has 0 spiro atoms. The van der Waals surface area contributed by atoms with Gasteiger partial charge in [-0.3, -0.25) is 4.79 Å². The summed E-state index contributed by atoms with van der Waals surface area (Å²) in [5.41, 5.74) is 4.78. The predicted molar refractivity (Wildman–Crippen MR) is 116 cm³/mol. The Morgan fingerprint density at radius 3 is 2.34 bits per heavy atom. The van der Waals surface area contributed by atoms with Crippen molar-refractivity contribution in [1.29, 1.82) is 0 Å². The molecule has 5 nitrogen and oxygen atoms in total. The van der Waals surface area contributed by atoms with E-state index in [2.05, 4.69) is 10.6 Å². The molecule has 0 unspecified atom stereocenters. The van der Waals surface area contributed by atoms with Crippen molar-refractivity contribution in [3.8, 4) is 0 Å². The molecule has 3 rings (SSSR count). The van der Waals surface area contributed by atoms with Crippen molar-refractivity contribution < 1.29 is 14.3 Å². The summed E-state index contributed by atoms with van der Waals surface area (Å²) in [5.74, 6) is -0.431. The summed E-state index contributed by atoms with van der Waals surface area (Å²) in [7, 11) is 0. The molecule has 0 aliphatic heterocycles. The van der Waals surface area contributed by atoms with Gasteiger partial charge in [0.05, 0.1) is 24.3 Å². The van der Waals surface area contributed by atoms with Crippen LogP contribution in [0, 0.1) is 6.92 Å². The van der Waals surface area contributed by atoms with Crippen LogP contribution >= 0.6 is 0 Å². The fourth-order valence-corrected chi connectivity index (χ4v) is 2.98. The maximum Gasteiger partial charge on any atom is 0.340 e. The number of amides is 1. The molecule has 5 heteroatoms. The Morgan fingerprint density at radius 1 is 0.897 bits per heavy atom. The largest absolute Gasteiger partial charge is 0.462 e. The van der Waals surface area contributed by atoms with Gasteiger partial charge in [0.25, 0.3) is 0 Å². The van der Waals surface area contributed by atoms with Crippen molar-refractivity contribution in [2.24, 2.45) is 0 Å². The van der Waals surface area contributed by atoms with E-state index in [1.54, 1.807) is 19.1 Å². The normalized spacial score (nSPS) is 10.3. The van der Waals surface area contributed by atoms with E-state index in [0.29, 0.717) is 30.0 Å². The first-order valence-corrected chi connectivity index (χ1v) is 9.54. The Balaban J connectivity index is 1.64. The minimum absolute atomic E-state index is 0.0658. The van der Waals surface area contributed by atoms with Gasteiger partial charge in [-0.1, -0.05) is 42.0 Å². The third-order valence-electron chi connectivity index (χ3n) is 4.32. The highest BCUT2D eigenvalue weighted by Gasteiger charge is 2.12. The molecule has 1 amide bonds. The summed E-state index contributed by atoms with van der Waals surface area (Å²) in [6.07, 6.45) is 0.328. The molecule has 3 aromatic carbocycles. The lowest BCUT2D eigenvalue weighted by atomic mass is 10.1. The topological polar surface area (TPSA) is 67.4 Å². The van der Waals surface area contributed by atoms with Crippen molar-refractivity contribution >= 4 is 28.9 Å². The van der Waals surface area contributed by atoms with Gasteiger partial charge in [-0.15, -0.1) is 0 Å². The Kier molecular flexibility index (Phi) is 6.63. The second-order valence-corrected chi connectivity index (χ2v) is 6.68. The zero-order valence-corrected chi connectivity index (χ0v) is 16.6. The van der Waals surface area contributed by atoms with Crippen LogP contribution in [0.4, 0.5) is 17.1 Å². The van der Waals surface area contributed by atoms with Crippen molar-refractivity contribution in [2.75, 3.05) is 17.2 Å². The molecule has 0 bridgehead atoms. The number of aryl methyl sites for hydroxylation is 1. The first-order valence-electron chi connectivity index (χ1n) is 9.54. The average molecular weight is 388 g/mol. The molecule has 0 radical (unpaired) electrons. The van der Waals surface area contributed by atoms with Crippen molar-refractivity contribution in [3.05, 3.63) is 89.5 Å². The van der Waals surface area contributed by atoms with Crippen LogP contribution in [0.1, 0.15) is 28.4 Å². The minimum Gasteiger partial charge on any atom is -0.462 e. The lowest BCUT2D eigenvalue weighted by Crippen LogP contribution is -2.14. The molecule has 0 aliphatic carbocycles. The molecule has 0 fully saturated rings. The third-order valence-corrected chi connectivity index (χ3v) is 4.32. The number of esters is 1. The van der Waals surface area contributed by atoms with E-state index in [-0.39, 0.29) is 11.9 Å². The van der Waals surface area contributed by atoms with Gasteiger partial charge < -0.3 is 15.4 Å². The predicted octanol–water partition coefficient (Wildman–Crippen LogP) is 5.10. The lowest BCUT2D eigenvalue weighted by Gasteiger charge is -2.12. The number of carbonyl (C=O) groups excluding carboxylic acids is 2. The molecule has 0 saturated heterocycles. The van der Waals surface area contributed by atoms with Gasteiger partial charge >= 0.3 is 5.97 Å². The first kappa shape index (κ1) is 20.1. The van der Waals surface area contributed by atoms with E-state index in [1.165, 1.54) is 0 Å². The Morgan fingerprint density at radius 2 is 1.62 bits per heavy atom. The van der Waals surface area contributed by atoms with Gasteiger partial charge in [0, 0.05) is 11.4 Å². The van der Waals surface area contributed by atoms with Crippen LogP contribution in [0.5, 0.6) is 0 Å². The number of para-hydroxylation sites is 1. The molecule has 0 aliphatic rings. The van der Waals surface area contributed by atoms with Gasteiger partial charge in [-0.25, -0.2) is 4.79 Å². The SMILES string of the molecule is CCOC(=O)c1ccccc1Nc1ccc(NC(=O)Cc2cccc(C)c2)cc1. The quantitative estimate of drug-likeness (QED) is 0.553. The summed E-state index contributed by atoms with van der Waals surface area (Å²) in [4.78, 5) is 24.4. The number of rotatable bonds is 7. The van der Waals surface area contributed by atoms with E-state index in [1.807, 2.05) is 67.6 Å². The summed E-state index contributed by atoms with van der Waals surface area (Å²) in [6, 6.07) is 22.5. The standard InChI is InChI=1S/C24H24N2O3/c1-3-29-24(28)21-9-4-5-10-22(21)25-19-11-13-20(14-12-19)26-23(27)16-18-8-6-7-17(2)15-18/h4-15,25H,3,16H2,1-2H3,(H,26,27). The lowest BCUT2D eigenvalue weighted by molar-refractivity contribution is -0.115. The van der Waals surface area contributed by atoms with Crippen LogP contribution in [0.25, 0.3) is 0 Å². The van der Waals surface area contributed by atoms with Gasteiger partial charge in [0.1, 0.15) is 0 Å². The maximum absolute atomic E-state index is 12.3. The van der Waals surface area contributed by atoms with Crippen LogP contribution < -0.4 is 10.6 Å². The summed E-state index contributed by atoms with van der Waals surface area (Å²) in [6.45, 7) is 4.11. The van der Waals surface area contributed by atoms with Crippen LogP contribution in [-0.4, -0.2) is 18.5 Å². The molecule has 2 N–H and O–H groups in total. The fraction of sp³-hybridized carbons (Fsp3) is 0.167. The molecule has 0 saturated carbocycles. The van der Waals surface area contributed by atoms with Gasteiger partial charge in [0.15, 0.2) is 0 Å². The fourth-order valence-electron chi connectivity index (χ4n) is 2.98. The Labute approximate surface area is 170 Å². The second-order valence-electron chi connectivity index (χ2n) is 6.68. The number of ether oxygens (including phenoxy) is 1. The van der Waals surface area contributed by atoms with E-state index in [0.717, 1.165) is 16.8 Å². The highest BCUT2D eigenvalue weighted by Crippen LogP contribution is 2.23. The molecule has 29 heavy (non-hydrogen) atoms. The van der Waals surface area contributed by atoms with Crippen LogP contribution in [0.15, 0.2) is 72.8 Å². The Bertz CT molecular complexity index is 997. The van der Waals surface area contributed by atoms with E-state index in [9.17, 15) is 9.59 Å². The van der Waals surface area contributed by atoms with Crippen molar-refractivity contribution in [2.45, 2.75) is 20.3 Å². The van der Waals surface area contributed by atoms with Crippen molar-refractivity contribution in [3.63, 3.8) is 0 Å². The number of anilines is 3. The van der Waals surface area contributed by atoms with E-state index in [4.69, 9.17) is 4.74 Å². The maximum atomic E-state index is 12.3. The molecular weight excluding hydrogens is 364 g/mol. The smallest absolute Gasteiger partial charge is 0.340 e. The highest BCUT2D eigenvalue weighted by atomic mass is 16.5. The van der Waals surface area contributed by atoms with Crippen LogP contribution in [-0.2, 0) is 16.0 Å². The summed E-state index contributed by atoms with van der Waals surface area (Å²) >= 11 is 0. The van der Waals surface area contributed by atoms with Gasteiger partial charge in [-0.05, 0) is 55.8 Å². The first-order chi connectivity index (χ1) is 14.0. The van der Waals surface area contributed by atoms with Gasteiger partial charge in [-0.2, -0.15) is 0 Å². The van der Waals surface area contributed by atoms with Crippen LogP contribution in [0.2, 0.25) is 0 Å². The van der Waals surface area contributed by atoms with Crippen LogP contribution in [0.3, 0.4) is 0 Å². The zero-order chi connectivity index (χ0) is 20.6. The minimum atomic E-state index is -0.365. The molecular formula is C24H24N2O3. The van der Waals surface area contributed by atoms with E-state index >= 15 is 0 Å². The zero-order valence-electron chi connectivity index (χ0n) is 16.6. The summed E-state index contributed by atoms with van der Waals surface area (Å²) in [5, 5.41) is 6.13. The van der Waals surface area contributed by atoms with Crippen molar-refractivity contribution in [1.82, 2.24) is 0 Å². The average Bonchev–Trinajstić information content (AvgIpc) is 2.70. The molecule has 0 heterocycles.